The van der Waals surface area contributed by atoms with Crippen molar-refractivity contribution in [3.8, 4) is 0 Å². The SMILES string of the molecule is COC(=O)[C@@H](c1ccc(Br)cc1)N(C)C(=O)C1CCC1. The van der Waals surface area contributed by atoms with Crippen LogP contribution in [-0.4, -0.2) is 30.9 Å². The van der Waals surface area contributed by atoms with Crippen LogP contribution in [-0.2, 0) is 14.3 Å². The smallest absolute Gasteiger partial charge is 0.333 e. The highest BCUT2D eigenvalue weighted by Gasteiger charge is 2.35. The molecule has 1 saturated carbocycles. The number of hydrogen-bond donors (Lipinski definition) is 0. The van der Waals surface area contributed by atoms with E-state index in [-0.39, 0.29) is 11.8 Å². The minimum absolute atomic E-state index is 0.0227. The Balaban J connectivity index is 2.24. The lowest BCUT2D eigenvalue weighted by molar-refractivity contribution is -0.154. The molecule has 1 aromatic carbocycles. The van der Waals surface area contributed by atoms with Gasteiger partial charge in [-0.25, -0.2) is 4.79 Å². The zero-order valence-corrected chi connectivity index (χ0v) is 13.2. The van der Waals surface area contributed by atoms with Crippen LogP contribution in [0.25, 0.3) is 0 Å². The minimum atomic E-state index is -0.679. The summed E-state index contributed by atoms with van der Waals surface area (Å²) in [5, 5.41) is 0. The highest BCUT2D eigenvalue weighted by molar-refractivity contribution is 9.10. The Labute approximate surface area is 127 Å². The van der Waals surface area contributed by atoms with Crippen LogP contribution in [0.3, 0.4) is 0 Å². The van der Waals surface area contributed by atoms with E-state index < -0.39 is 12.0 Å². The maximum atomic E-state index is 12.3. The standard InChI is InChI=1S/C15H18BrNO3/c1-17(14(18)11-4-3-5-11)13(15(19)20-2)10-6-8-12(16)9-7-10/h6-9,11,13H,3-5H2,1-2H3/t13-/m1/s1. The average molecular weight is 340 g/mol. The van der Waals surface area contributed by atoms with Gasteiger partial charge in [-0.05, 0) is 30.5 Å². The molecule has 0 aromatic heterocycles. The van der Waals surface area contributed by atoms with E-state index in [9.17, 15) is 9.59 Å². The number of carbonyl (C=O) groups is 2. The number of rotatable bonds is 4. The summed E-state index contributed by atoms with van der Waals surface area (Å²) in [5.74, 6) is -0.334. The minimum Gasteiger partial charge on any atom is -0.467 e. The molecule has 0 N–H and O–H groups in total. The van der Waals surface area contributed by atoms with Gasteiger partial charge in [0.1, 0.15) is 0 Å². The molecule has 1 aliphatic carbocycles. The van der Waals surface area contributed by atoms with Crippen molar-refractivity contribution in [1.82, 2.24) is 4.90 Å². The normalized spacial score (nSPS) is 16.1. The van der Waals surface area contributed by atoms with Crippen molar-refractivity contribution < 1.29 is 14.3 Å². The molecule has 2 rings (SSSR count). The lowest BCUT2D eigenvalue weighted by atomic mass is 9.84. The second-order valence-corrected chi connectivity index (χ2v) is 5.97. The molecule has 1 fully saturated rings. The van der Waals surface area contributed by atoms with Gasteiger partial charge in [-0.15, -0.1) is 0 Å². The first-order valence-electron chi connectivity index (χ1n) is 6.64. The van der Waals surface area contributed by atoms with Crippen molar-refractivity contribution in [3.05, 3.63) is 34.3 Å². The number of methoxy groups -OCH3 is 1. The molecule has 0 aliphatic heterocycles. The van der Waals surface area contributed by atoms with E-state index in [4.69, 9.17) is 4.74 Å². The van der Waals surface area contributed by atoms with E-state index in [0.29, 0.717) is 0 Å². The Morgan fingerprint density at radius 3 is 2.35 bits per heavy atom. The molecule has 0 bridgehead atoms. The molecule has 20 heavy (non-hydrogen) atoms. The number of nitrogens with zero attached hydrogens (tertiary/aromatic N) is 1. The predicted molar refractivity (Wildman–Crippen MR) is 79.0 cm³/mol. The van der Waals surface area contributed by atoms with E-state index in [1.54, 1.807) is 7.05 Å². The molecule has 4 nitrogen and oxygen atoms in total. The van der Waals surface area contributed by atoms with Gasteiger partial charge < -0.3 is 9.64 Å². The Bertz CT molecular complexity index is 496. The lowest BCUT2D eigenvalue weighted by Gasteiger charge is -2.33. The zero-order chi connectivity index (χ0) is 14.7. The highest BCUT2D eigenvalue weighted by atomic mass is 79.9. The third-order valence-electron chi connectivity index (χ3n) is 3.80. The number of amides is 1. The molecule has 0 unspecified atom stereocenters. The first-order chi connectivity index (χ1) is 9.54. The van der Waals surface area contributed by atoms with Crippen LogP contribution < -0.4 is 0 Å². The molecule has 1 aliphatic rings. The number of ether oxygens (including phenoxy) is 1. The molecule has 1 amide bonds. The van der Waals surface area contributed by atoms with E-state index in [0.717, 1.165) is 29.3 Å². The van der Waals surface area contributed by atoms with Crippen molar-refractivity contribution in [1.29, 1.82) is 0 Å². The van der Waals surface area contributed by atoms with Crippen molar-refractivity contribution in [2.45, 2.75) is 25.3 Å². The highest BCUT2D eigenvalue weighted by Crippen LogP contribution is 2.31. The average Bonchev–Trinajstić information content (AvgIpc) is 2.38. The van der Waals surface area contributed by atoms with Crippen LogP contribution in [0.4, 0.5) is 0 Å². The van der Waals surface area contributed by atoms with Crippen molar-refractivity contribution in [2.75, 3.05) is 14.2 Å². The lowest BCUT2D eigenvalue weighted by Crippen LogP contribution is -2.41. The monoisotopic (exact) mass is 339 g/mol. The Morgan fingerprint density at radius 2 is 1.90 bits per heavy atom. The third kappa shape index (κ3) is 3.03. The summed E-state index contributed by atoms with van der Waals surface area (Å²) >= 11 is 3.36. The van der Waals surface area contributed by atoms with Crippen LogP contribution >= 0.6 is 15.9 Å². The van der Waals surface area contributed by atoms with Crippen molar-refractivity contribution in [3.63, 3.8) is 0 Å². The van der Waals surface area contributed by atoms with Crippen LogP contribution in [0, 0.1) is 5.92 Å². The molecular weight excluding hydrogens is 322 g/mol. The number of esters is 1. The van der Waals surface area contributed by atoms with Gasteiger partial charge in [0.05, 0.1) is 7.11 Å². The van der Waals surface area contributed by atoms with Gasteiger partial charge in [-0.1, -0.05) is 34.5 Å². The fraction of sp³-hybridized carbons (Fsp3) is 0.467. The quantitative estimate of drug-likeness (QED) is 0.792. The van der Waals surface area contributed by atoms with Gasteiger partial charge in [0.2, 0.25) is 5.91 Å². The second-order valence-electron chi connectivity index (χ2n) is 5.05. The number of carbonyl (C=O) groups excluding carboxylic acids is 2. The summed E-state index contributed by atoms with van der Waals surface area (Å²) in [7, 11) is 3.01. The fourth-order valence-electron chi connectivity index (χ4n) is 2.34. The summed E-state index contributed by atoms with van der Waals surface area (Å²) in [6.07, 6.45) is 2.92. The molecule has 0 spiro atoms. The Hall–Kier alpha value is -1.36. The molecule has 108 valence electrons. The summed E-state index contributed by atoms with van der Waals surface area (Å²) in [5.41, 5.74) is 0.759. The predicted octanol–water partition coefficient (Wildman–Crippen LogP) is 2.92. The molecule has 5 heteroatoms. The Kier molecular flexibility index (Phi) is 4.81. The van der Waals surface area contributed by atoms with Gasteiger partial charge in [0.25, 0.3) is 0 Å². The van der Waals surface area contributed by atoms with Crippen molar-refractivity contribution >= 4 is 27.8 Å². The molecule has 0 heterocycles. The molecule has 0 radical (unpaired) electrons. The zero-order valence-electron chi connectivity index (χ0n) is 11.6. The van der Waals surface area contributed by atoms with Gasteiger partial charge >= 0.3 is 5.97 Å². The number of likely N-dealkylation sites (N-methyl/N-ethyl adjacent to an activating group) is 1. The van der Waals surface area contributed by atoms with Gasteiger partial charge in [0.15, 0.2) is 6.04 Å². The van der Waals surface area contributed by atoms with E-state index >= 15 is 0 Å². The summed E-state index contributed by atoms with van der Waals surface area (Å²) in [6.45, 7) is 0. The topological polar surface area (TPSA) is 46.6 Å². The van der Waals surface area contributed by atoms with Crippen LogP contribution in [0.2, 0.25) is 0 Å². The molecule has 0 saturated heterocycles. The second kappa shape index (κ2) is 6.39. The number of benzene rings is 1. The van der Waals surface area contributed by atoms with Gasteiger partial charge in [0, 0.05) is 17.4 Å². The number of hydrogen-bond acceptors (Lipinski definition) is 3. The summed E-state index contributed by atoms with van der Waals surface area (Å²) < 4.78 is 5.78. The summed E-state index contributed by atoms with van der Waals surface area (Å²) in [4.78, 5) is 25.9. The van der Waals surface area contributed by atoms with E-state index in [1.807, 2.05) is 24.3 Å². The van der Waals surface area contributed by atoms with Crippen LogP contribution in [0.5, 0.6) is 0 Å². The summed E-state index contributed by atoms with van der Waals surface area (Å²) in [6, 6.07) is 6.69. The molecular formula is C15H18BrNO3. The largest absolute Gasteiger partial charge is 0.467 e. The van der Waals surface area contributed by atoms with Crippen LogP contribution in [0.15, 0.2) is 28.7 Å². The first kappa shape index (κ1) is 15.0. The maximum absolute atomic E-state index is 12.3. The number of halogens is 1. The van der Waals surface area contributed by atoms with Crippen LogP contribution in [0.1, 0.15) is 30.9 Å². The Morgan fingerprint density at radius 1 is 1.30 bits per heavy atom. The first-order valence-corrected chi connectivity index (χ1v) is 7.44. The van der Waals surface area contributed by atoms with E-state index in [2.05, 4.69) is 15.9 Å². The molecule has 1 aromatic rings. The maximum Gasteiger partial charge on any atom is 0.333 e. The fourth-order valence-corrected chi connectivity index (χ4v) is 2.61. The third-order valence-corrected chi connectivity index (χ3v) is 4.33. The van der Waals surface area contributed by atoms with Gasteiger partial charge in [-0.2, -0.15) is 0 Å². The van der Waals surface area contributed by atoms with E-state index in [1.165, 1.54) is 12.0 Å². The van der Waals surface area contributed by atoms with Gasteiger partial charge in [-0.3, -0.25) is 4.79 Å². The molecule has 1 atom stereocenters. The van der Waals surface area contributed by atoms with Crippen molar-refractivity contribution in [2.24, 2.45) is 5.92 Å².